The molecule has 1 unspecified atom stereocenters. The van der Waals surface area contributed by atoms with Gasteiger partial charge in [0, 0.05) is 5.56 Å². The van der Waals surface area contributed by atoms with Gasteiger partial charge in [0.05, 0.1) is 34.4 Å². The Morgan fingerprint density at radius 2 is 1.79 bits per heavy atom. The van der Waals surface area contributed by atoms with Crippen molar-refractivity contribution in [3.8, 4) is 22.0 Å². The number of hydrogen-bond acceptors (Lipinski definition) is 5. The lowest BCUT2D eigenvalue weighted by molar-refractivity contribution is -0.602. The molecule has 172 valence electrons. The fraction of sp³-hybridized carbons (Fsp3) is 0.261. The number of nitrogens with one attached hydrogen (secondary N) is 2. The van der Waals surface area contributed by atoms with E-state index < -0.39 is 17.5 Å². The number of alkyl halides is 3. The van der Waals surface area contributed by atoms with Gasteiger partial charge in [-0.25, -0.2) is 9.51 Å². The third kappa shape index (κ3) is 5.23. The second-order valence-corrected chi connectivity index (χ2v) is 8.47. The average molecular weight is 477 g/mol. The molecule has 4 rings (SSSR count). The van der Waals surface area contributed by atoms with Crippen molar-refractivity contribution >= 4 is 11.3 Å². The summed E-state index contributed by atoms with van der Waals surface area (Å²) in [6.45, 7) is 4.26. The zero-order valence-electron chi connectivity index (χ0n) is 17.8. The molecule has 0 aliphatic heterocycles. The summed E-state index contributed by atoms with van der Waals surface area (Å²) in [7, 11) is 0. The van der Waals surface area contributed by atoms with Gasteiger partial charge in [0.1, 0.15) is 5.01 Å². The number of rotatable bonds is 7. The van der Waals surface area contributed by atoms with Crippen molar-refractivity contribution in [1.82, 2.24) is 9.97 Å². The van der Waals surface area contributed by atoms with Gasteiger partial charge in [0.25, 0.3) is 0 Å². The molecule has 6 nitrogen and oxygen atoms in total. The van der Waals surface area contributed by atoms with Crippen LogP contribution in [0.3, 0.4) is 0 Å². The molecule has 0 saturated carbocycles. The molecule has 2 aromatic heterocycles. The second-order valence-electron chi connectivity index (χ2n) is 7.44. The van der Waals surface area contributed by atoms with Gasteiger partial charge in [-0.05, 0) is 43.2 Å². The van der Waals surface area contributed by atoms with E-state index in [1.807, 2.05) is 38.1 Å². The predicted molar refractivity (Wildman–Crippen MR) is 116 cm³/mol. The maximum atomic E-state index is 12.8. The van der Waals surface area contributed by atoms with E-state index in [0.717, 1.165) is 40.3 Å². The van der Waals surface area contributed by atoms with Gasteiger partial charge in [0.15, 0.2) is 0 Å². The first-order chi connectivity index (χ1) is 15.7. The summed E-state index contributed by atoms with van der Waals surface area (Å²) in [5.41, 5.74) is 2.49. The van der Waals surface area contributed by atoms with Crippen LogP contribution in [0.4, 0.5) is 13.2 Å². The maximum absolute atomic E-state index is 12.8. The van der Waals surface area contributed by atoms with Crippen LogP contribution >= 0.6 is 11.3 Å². The minimum atomic E-state index is -4.37. The van der Waals surface area contributed by atoms with Gasteiger partial charge in [-0.3, -0.25) is 0 Å². The normalized spacial score (nSPS) is 12.8. The molecular weight excluding hydrogens is 455 g/mol. The van der Waals surface area contributed by atoms with Crippen molar-refractivity contribution in [2.75, 3.05) is 0 Å². The third-order valence-corrected chi connectivity index (χ3v) is 6.42. The van der Waals surface area contributed by atoms with E-state index in [0.29, 0.717) is 23.0 Å². The Morgan fingerprint density at radius 1 is 1.12 bits per heavy atom. The van der Waals surface area contributed by atoms with Crippen LogP contribution in [0.5, 0.6) is 0 Å². The first-order valence-electron chi connectivity index (χ1n) is 10.2. The lowest BCUT2D eigenvalue weighted by Gasteiger charge is -2.15. The second kappa shape index (κ2) is 9.32. The van der Waals surface area contributed by atoms with Crippen LogP contribution in [0.1, 0.15) is 41.1 Å². The Morgan fingerprint density at radius 3 is 2.36 bits per heavy atom. The summed E-state index contributed by atoms with van der Waals surface area (Å²) >= 11 is 1.43. The van der Waals surface area contributed by atoms with Crippen molar-refractivity contribution in [1.29, 1.82) is 0 Å². The summed E-state index contributed by atoms with van der Waals surface area (Å²) in [6.07, 6.45) is -3.84. The van der Waals surface area contributed by atoms with Gasteiger partial charge < -0.3 is 4.74 Å². The Bertz CT molecular complexity index is 1280. The van der Waals surface area contributed by atoms with E-state index in [4.69, 9.17) is 4.74 Å². The lowest BCUT2D eigenvalue weighted by Crippen LogP contribution is -2.04. The number of benzene rings is 2. The minimum absolute atomic E-state index is 0.191. The zero-order chi connectivity index (χ0) is 23.6. The zero-order valence-corrected chi connectivity index (χ0v) is 18.6. The molecule has 0 radical (unpaired) electrons. The number of aromatic amines is 2. The molecule has 0 bridgehead atoms. The van der Waals surface area contributed by atoms with E-state index in [2.05, 4.69) is 19.6 Å². The Hall–Kier alpha value is -3.24. The molecule has 0 aliphatic carbocycles. The first-order valence-corrected chi connectivity index (χ1v) is 11.0. The van der Waals surface area contributed by atoms with Crippen LogP contribution in [0.25, 0.3) is 22.0 Å². The molecule has 33 heavy (non-hydrogen) atoms. The third-order valence-electron chi connectivity index (χ3n) is 5.12. The summed E-state index contributed by atoms with van der Waals surface area (Å²) in [5, 5.41) is 3.18. The van der Waals surface area contributed by atoms with Crippen LogP contribution < -0.4 is 10.9 Å². The van der Waals surface area contributed by atoms with E-state index in [9.17, 15) is 18.0 Å². The number of halogens is 3. The minimum Gasteiger partial charge on any atom is -0.368 e. The van der Waals surface area contributed by atoms with Crippen molar-refractivity contribution in [2.24, 2.45) is 0 Å². The van der Waals surface area contributed by atoms with Crippen LogP contribution in [0, 0.1) is 6.92 Å². The predicted octanol–water partition coefficient (Wildman–Crippen LogP) is 5.57. The van der Waals surface area contributed by atoms with E-state index in [-0.39, 0.29) is 6.10 Å². The molecule has 2 aromatic carbocycles. The van der Waals surface area contributed by atoms with Gasteiger partial charge in [-0.1, -0.05) is 36.3 Å². The molecule has 2 heterocycles. The van der Waals surface area contributed by atoms with Gasteiger partial charge in [-0.2, -0.15) is 22.9 Å². The van der Waals surface area contributed by atoms with Crippen LogP contribution in [0.15, 0.2) is 57.8 Å². The number of aryl methyl sites for hydroxylation is 1. The Kier molecular flexibility index (Phi) is 6.48. The lowest BCUT2D eigenvalue weighted by atomic mass is 10.1. The standard InChI is InChI=1S/C23H20F3N3O3S/c1-3-18(31-12-14-4-6-15(7-5-14)20-28-22(30)32-29-20)19-13(2)27-21(33-19)16-8-10-17(11-9-16)23(24,25)26/h4-11,18H,3,12H2,1-2H3,(H,28,29,30)/p+1. The number of nitrogens with zero attached hydrogens (tertiary/aromatic N) is 1. The van der Waals surface area contributed by atoms with Crippen molar-refractivity contribution < 1.29 is 27.6 Å². The highest BCUT2D eigenvalue weighted by Crippen LogP contribution is 2.37. The van der Waals surface area contributed by atoms with Crippen molar-refractivity contribution in [3.05, 3.63) is 80.8 Å². The Balaban J connectivity index is 1.46. The fourth-order valence-corrected chi connectivity index (χ4v) is 4.56. The van der Waals surface area contributed by atoms with Crippen molar-refractivity contribution in [3.63, 3.8) is 0 Å². The average Bonchev–Trinajstić information content (AvgIpc) is 3.40. The van der Waals surface area contributed by atoms with Gasteiger partial charge in [0.2, 0.25) is 0 Å². The van der Waals surface area contributed by atoms with Gasteiger partial charge in [-0.15, -0.1) is 11.3 Å². The topological polar surface area (TPSA) is 82.3 Å². The molecule has 10 heteroatoms. The molecule has 0 fully saturated rings. The molecule has 4 aromatic rings. The number of aromatic nitrogens is 3. The quantitative estimate of drug-likeness (QED) is 0.378. The Labute approximate surface area is 191 Å². The highest BCUT2D eigenvalue weighted by molar-refractivity contribution is 7.15. The SMILES string of the molecule is CCC(OCc1ccc(-c2[nH]c(=O)o[nH+]2)cc1)c1sc(-c2ccc(C(F)(F)F)cc2)nc1C. The van der Waals surface area contributed by atoms with Crippen LogP contribution in [-0.4, -0.2) is 9.97 Å². The molecule has 0 spiro atoms. The number of ether oxygens (including phenoxy) is 1. The molecule has 1 atom stereocenters. The summed E-state index contributed by atoms with van der Waals surface area (Å²) in [5.74, 6) is -0.0752. The molecule has 2 N–H and O–H groups in total. The molecule has 0 saturated heterocycles. The summed E-state index contributed by atoms with van der Waals surface area (Å²) in [6, 6.07) is 12.5. The fourth-order valence-electron chi connectivity index (χ4n) is 3.36. The van der Waals surface area contributed by atoms with E-state index in [1.165, 1.54) is 23.5 Å². The van der Waals surface area contributed by atoms with Crippen molar-refractivity contribution in [2.45, 2.75) is 39.2 Å². The molecular formula is C23H21F3N3O3S+. The molecule has 0 aliphatic rings. The monoisotopic (exact) mass is 476 g/mol. The number of H-pyrrole nitrogens is 2. The van der Waals surface area contributed by atoms with Crippen LogP contribution in [-0.2, 0) is 17.5 Å². The van der Waals surface area contributed by atoms with Gasteiger partial charge >= 0.3 is 17.8 Å². The number of hydrogen-bond donors (Lipinski definition) is 1. The highest BCUT2D eigenvalue weighted by Gasteiger charge is 2.30. The first kappa shape index (κ1) is 22.9. The largest absolute Gasteiger partial charge is 0.547 e. The highest BCUT2D eigenvalue weighted by atomic mass is 32.1. The van der Waals surface area contributed by atoms with E-state index >= 15 is 0 Å². The molecule has 0 amide bonds. The summed E-state index contributed by atoms with van der Waals surface area (Å²) in [4.78, 5) is 19.2. The maximum Gasteiger partial charge on any atom is 0.547 e. The summed E-state index contributed by atoms with van der Waals surface area (Å²) < 4.78 is 49.3. The number of thiazole rings is 1. The smallest absolute Gasteiger partial charge is 0.368 e. The van der Waals surface area contributed by atoms with Crippen LogP contribution in [0.2, 0.25) is 0 Å². The van der Waals surface area contributed by atoms with E-state index in [1.54, 1.807) is 0 Å².